The normalized spacial score (nSPS) is 11.4. The Morgan fingerprint density at radius 3 is 2.67 bits per heavy atom. The molecule has 0 heterocycles. The summed E-state index contributed by atoms with van der Waals surface area (Å²) in [5.74, 6) is 1.75. The lowest BCUT2D eigenvalue weighted by molar-refractivity contribution is 0.318. The molecule has 2 aromatic carbocycles. The second-order valence-electron chi connectivity index (χ2n) is 4.52. The van der Waals surface area contributed by atoms with Gasteiger partial charge in [-0.1, -0.05) is 22.9 Å². The maximum atomic E-state index is 8.59. The Hall–Kier alpha value is -2.14. The minimum absolute atomic E-state index is 0.0940. The van der Waals surface area contributed by atoms with Crippen molar-refractivity contribution in [3.8, 4) is 5.75 Å². The molecule has 0 spiro atoms. The highest BCUT2D eigenvalue weighted by atomic mass is 32.2. The van der Waals surface area contributed by atoms with Crippen molar-refractivity contribution in [1.82, 2.24) is 0 Å². The van der Waals surface area contributed by atoms with Crippen LogP contribution >= 0.6 is 11.8 Å². The monoisotopic (exact) mass is 302 g/mol. The van der Waals surface area contributed by atoms with Crippen molar-refractivity contribution in [3.05, 3.63) is 59.7 Å². The van der Waals surface area contributed by atoms with E-state index < -0.39 is 0 Å². The first-order valence-corrected chi connectivity index (χ1v) is 7.58. The molecule has 0 amide bonds. The summed E-state index contributed by atoms with van der Waals surface area (Å²) < 4.78 is 5.66. The Bertz CT molecular complexity index is 612. The fourth-order valence-corrected chi connectivity index (χ4v) is 2.65. The van der Waals surface area contributed by atoms with E-state index in [1.165, 1.54) is 10.5 Å². The molecule has 21 heavy (non-hydrogen) atoms. The zero-order valence-electron chi connectivity index (χ0n) is 11.8. The molecular formula is C16H18N2O2S. The third-order valence-electron chi connectivity index (χ3n) is 2.87. The fraction of sp³-hybridized carbons (Fsp3) is 0.188. The zero-order valence-corrected chi connectivity index (χ0v) is 12.6. The molecule has 0 aromatic heterocycles. The van der Waals surface area contributed by atoms with Gasteiger partial charge in [-0.2, -0.15) is 0 Å². The smallest absolute Gasteiger partial charge is 0.170 e. The van der Waals surface area contributed by atoms with Crippen molar-refractivity contribution < 1.29 is 9.94 Å². The molecule has 0 saturated heterocycles. The molecule has 0 bridgehead atoms. The van der Waals surface area contributed by atoms with Crippen LogP contribution in [0.1, 0.15) is 11.1 Å². The number of nitrogens with two attached hydrogens (primary N) is 1. The quantitative estimate of drug-likeness (QED) is 0.215. The highest BCUT2D eigenvalue weighted by Gasteiger charge is 2.00. The number of oxime groups is 1. The number of nitrogens with zero attached hydrogens (tertiary/aromatic N) is 1. The summed E-state index contributed by atoms with van der Waals surface area (Å²) in [6, 6.07) is 15.6. The first kappa shape index (κ1) is 15.3. The summed E-state index contributed by atoms with van der Waals surface area (Å²) in [4.78, 5) is 1.25. The second kappa shape index (κ2) is 7.59. The summed E-state index contributed by atoms with van der Waals surface area (Å²) >= 11 is 1.77. The number of aryl methyl sites for hydroxylation is 1. The van der Waals surface area contributed by atoms with Crippen LogP contribution in [0.4, 0.5) is 0 Å². The van der Waals surface area contributed by atoms with Gasteiger partial charge in [0, 0.05) is 16.2 Å². The van der Waals surface area contributed by atoms with E-state index in [9.17, 15) is 0 Å². The van der Waals surface area contributed by atoms with E-state index in [4.69, 9.17) is 15.7 Å². The Morgan fingerprint density at radius 2 is 2.00 bits per heavy atom. The van der Waals surface area contributed by atoms with Gasteiger partial charge < -0.3 is 15.7 Å². The summed E-state index contributed by atoms with van der Waals surface area (Å²) in [7, 11) is 0. The molecule has 0 aliphatic heterocycles. The fourth-order valence-electron chi connectivity index (χ4n) is 1.80. The third kappa shape index (κ3) is 4.72. The third-order valence-corrected chi connectivity index (χ3v) is 3.83. The van der Waals surface area contributed by atoms with Gasteiger partial charge in [0.15, 0.2) is 5.84 Å². The van der Waals surface area contributed by atoms with E-state index in [2.05, 4.69) is 36.3 Å². The number of amidine groups is 1. The lowest BCUT2D eigenvalue weighted by atomic mass is 10.2. The molecule has 110 valence electrons. The van der Waals surface area contributed by atoms with Crippen molar-refractivity contribution in [1.29, 1.82) is 0 Å². The van der Waals surface area contributed by atoms with Crippen LogP contribution in [0.5, 0.6) is 5.75 Å². The van der Waals surface area contributed by atoms with Crippen molar-refractivity contribution >= 4 is 17.6 Å². The van der Waals surface area contributed by atoms with Crippen molar-refractivity contribution in [3.63, 3.8) is 0 Å². The number of thioether (sulfide) groups is 1. The Balaban J connectivity index is 1.78. The maximum absolute atomic E-state index is 8.59. The minimum Gasteiger partial charge on any atom is -0.493 e. The van der Waals surface area contributed by atoms with Crippen LogP contribution in [0.15, 0.2) is 58.6 Å². The van der Waals surface area contributed by atoms with Crippen LogP contribution in [0.25, 0.3) is 0 Å². The van der Waals surface area contributed by atoms with E-state index in [-0.39, 0.29) is 5.84 Å². The average molecular weight is 302 g/mol. The number of ether oxygens (including phenoxy) is 1. The van der Waals surface area contributed by atoms with Crippen LogP contribution < -0.4 is 10.5 Å². The SMILES string of the molecule is Cc1cccc(SCCOc2ccc(/C(N)=N/O)cc2)c1. The molecular weight excluding hydrogens is 284 g/mol. The lowest BCUT2D eigenvalue weighted by Gasteiger charge is -2.07. The van der Waals surface area contributed by atoms with Gasteiger partial charge in [0.1, 0.15) is 5.75 Å². The van der Waals surface area contributed by atoms with Crippen LogP contribution in [-0.4, -0.2) is 23.4 Å². The Morgan fingerprint density at radius 1 is 1.24 bits per heavy atom. The molecule has 0 unspecified atom stereocenters. The number of hydrogen-bond donors (Lipinski definition) is 2. The van der Waals surface area contributed by atoms with Gasteiger partial charge in [0.25, 0.3) is 0 Å². The number of rotatable bonds is 6. The molecule has 0 saturated carbocycles. The molecule has 2 rings (SSSR count). The zero-order chi connectivity index (χ0) is 15.1. The van der Waals surface area contributed by atoms with Gasteiger partial charge in [-0.05, 0) is 43.3 Å². The maximum Gasteiger partial charge on any atom is 0.170 e. The van der Waals surface area contributed by atoms with E-state index in [1.54, 1.807) is 23.9 Å². The lowest BCUT2D eigenvalue weighted by Crippen LogP contribution is -2.12. The first-order valence-electron chi connectivity index (χ1n) is 6.59. The highest BCUT2D eigenvalue weighted by molar-refractivity contribution is 7.99. The van der Waals surface area contributed by atoms with Gasteiger partial charge in [0.2, 0.25) is 0 Å². The van der Waals surface area contributed by atoms with E-state index in [0.29, 0.717) is 12.2 Å². The summed E-state index contributed by atoms with van der Waals surface area (Å²) in [6.45, 7) is 2.71. The molecule has 0 fully saturated rings. The molecule has 2 aromatic rings. The van der Waals surface area contributed by atoms with Gasteiger partial charge in [0.05, 0.1) is 6.61 Å². The Labute approximate surface area is 128 Å². The predicted octanol–water partition coefficient (Wildman–Crippen LogP) is 3.26. The van der Waals surface area contributed by atoms with Gasteiger partial charge >= 0.3 is 0 Å². The molecule has 4 nitrogen and oxygen atoms in total. The number of hydrogen-bond acceptors (Lipinski definition) is 4. The van der Waals surface area contributed by atoms with E-state index >= 15 is 0 Å². The van der Waals surface area contributed by atoms with Crippen molar-refractivity contribution in [2.45, 2.75) is 11.8 Å². The highest BCUT2D eigenvalue weighted by Crippen LogP contribution is 2.19. The van der Waals surface area contributed by atoms with Gasteiger partial charge in [-0.15, -0.1) is 11.8 Å². The average Bonchev–Trinajstić information content (AvgIpc) is 2.51. The van der Waals surface area contributed by atoms with E-state index in [1.807, 2.05) is 12.1 Å². The van der Waals surface area contributed by atoms with Crippen LogP contribution in [0.3, 0.4) is 0 Å². The molecule has 0 atom stereocenters. The van der Waals surface area contributed by atoms with Crippen LogP contribution in [-0.2, 0) is 0 Å². The molecule has 5 heteroatoms. The van der Waals surface area contributed by atoms with E-state index in [0.717, 1.165) is 11.5 Å². The summed E-state index contributed by atoms with van der Waals surface area (Å²) in [5, 5.41) is 11.5. The molecule has 0 radical (unpaired) electrons. The van der Waals surface area contributed by atoms with Gasteiger partial charge in [-0.3, -0.25) is 0 Å². The largest absolute Gasteiger partial charge is 0.493 e. The predicted molar refractivity (Wildman–Crippen MR) is 86.4 cm³/mol. The molecule has 0 aliphatic carbocycles. The van der Waals surface area contributed by atoms with Gasteiger partial charge in [-0.25, -0.2) is 0 Å². The minimum atomic E-state index is 0.0940. The summed E-state index contributed by atoms with van der Waals surface area (Å²) in [6.07, 6.45) is 0. The first-order chi connectivity index (χ1) is 10.2. The standard InChI is InChI=1S/C16H18N2O2S/c1-12-3-2-4-15(11-12)21-10-9-20-14-7-5-13(6-8-14)16(17)18-19/h2-8,11,19H,9-10H2,1H3,(H2,17,18). The Kier molecular flexibility index (Phi) is 5.51. The van der Waals surface area contributed by atoms with Crippen LogP contribution in [0.2, 0.25) is 0 Å². The second-order valence-corrected chi connectivity index (χ2v) is 5.69. The molecule has 0 aliphatic rings. The number of benzene rings is 2. The van der Waals surface area contributed by atoms with Crippen LogP contribution in [0, 0.1) is 6.92 Å². The topological polar surface area (TPSA) is 67.8 Å². The van der Waals surface area contributed by atoms with Crippen molar-refractivity contribution in [2.75, 3.05) is 12.4 Å². The summed E-state index contributed by atoms with van der Waals surface area (Å²) in [5.41, 5.74) is 7.43. The van der Waals surface area contributed by atoms with Crippen molar-refractivity contribution in [2.24, 2.45) is 10.9 Å². The molecule has 3 N–H and O–H groups in total.